The van der Waals surface area contributed by atoms with E-state index in [9.17, 15) is 0 Å². The zero-order valence-electron chi connectivity index (χ0n) is 14.3. The standard InChI is InChI=1S/C18H24N6.HI/c1-2-6-16-15(5-1)21-18(22-16)23-10-3-4-13(12-23)20-17-19-9-11-24(17)14-7-8-14;/h1-2,5-6,13-14H,3-4,7-12H2,(H,19,20)(H,21,22);1H. The Labute approximate surface area is 165 Å². The first-order valence-electron chi connectivity index (χ1n) is 9.14. The molecule has 3 heterocycles. The summed E-state index contributed by atoms with van der Waals surface area (Å²) in [7, 11) is 0. The van der Waals surface area contributed by atoms with Crippen LogP contribution in [0.15, 0.2) is 29.3 Å². The van der Waals surface area contributed by atoms with Crippen molar-refractivity contribution in [3.05, 3.63) is 24.3 Å². The molecule has 1 saturated carbocycles. The highest BCUT2D eigenvalue weighted by molar-refractivity contribution is 14.0. The molecule has 0 spiro atoms. The molecule has 2 N–H and O–H groups in total. The Morgan fingerprint density at radius 2 is 2.00 bits per heavy atom. The van der Waals surface area contributed by atoms with Gasteiger partial charge in [0, 0.05) is 31.7 Å². The third-order valence-electron chi connectivity index (χ3n) is 5.29. The fourth-order valence-corrected chi connectivity index (χ4v) is 3.89. The van der Waals surface area contributed by atoms with E-state index in [0.29, 0.717) is 6.04 Å². The van der Waals surface area contributed by atoms with E-state index in [0.717, 1.165) is 55.2 Å². The number of benzene rings is 1. The number of para-hydroxylation sites is 2. The smallest absolute Gasteiger partial charge is 0.203 e. The highest BCUT2D eigenvalue weighted by Crippen LogP contribution is 2.28. The normalized spacial score (nSPS) is 23.5. The number of H-pyrrole nitrogens is 1. The fraction of sp³-hybridized carbons (Fsp3) is 0.556. The number of hydrogen-bond donors (Lipinski definition) is 2. The maximum atomic E-state index is 4.76. The maximum absolute atomic E-state index is 4.76. The van der Waals surface area contributed by atoms with Crippen molar-refractivity contribution in [3.63, 3.8) is 0 Å². The summed E-state index contributed by atoms with van der Waals surface area (Å²) in [4.78, 5) is 17.8. The van der Waals surface area contributed by atoms with Gasteiger partial charge in [0.25, 0.3) is 0 Å². The molecule has 1 saturated heterocycles. The van der Waals surface area contributed by atoms with Crippen molar-refractivity contribution in [1.29, 1.82) is 0 Å². The summed E-state index contributed by atoms with van der Waals surface area (Å²) < 4.78 is 0. The van der Waals surface area contributed by atoms with Gasteiger partial charge in [-0.2, -0.15) is 0 Å². The summed E-state index contributed by atoms with van der Waals surface area (Å²) in [6.45, 7) is 4.08. The molecule has 1 atom stereocenters. The third kappa shape index (κ3) is 3.43. The summed E-state index contributed by atoms with van der Waals surface area (Å²) >= 11 is 0. The summed E-state index contributed by atoms with van der Waals surface area (Å²) in [5, 5.41) is 3.72. The largest absolute Gasteiger partial charge is 0.352 e. The number of fused-ring (bicyclic) bond motifs is 1. The van der Waals surface area contributed by atoms with Crippen LogP contribution in [0.1, 0.15) is 25.7 Å². The van der Waals surface area contributed by atoms with Crippen molar-refractivity contribution >= 4 is 46.9 Å². The lowest BCUT2D eigenvalue weighted by atomic mass is 10.1. The number of imidazole rings is 1. The molecule has 2 aromatic rings. The molecule has 2 aliphatic heterocycles. The van der Waals surface area contributed by atoms with Gasteiger partial charge >= 0.3 is 0 Å². The molecule has 7 heteroatoms. The van der Waals surface area contributed by atoms with Crippen molar-refractivity contribution < 1.29 is 0 Å². The van der Waals surface area contributed by atoms with E-state index in [-0.39, 0.29) is 24.0 Å². The number of piperidine rings is 1. The molecule has 25 heavy (non-hydrogen) atoms. The monoisotopic (exact) mass is 452 g/mol. The van der Waals surface area contributed by atoms with E-state index in [2.05, 4.69) is 38.3 Å². The zero-order valence-corrected chi connectivity index (χ0v) is 16.6. The van der Waals surface area contributed by atoms with Crippen LogP contribution >= 0.6 is 24.0 Å². The lowest BCUT2D eigenvalue weighted by Crippen LogP contribution is -2.51. The van der Waals surface area contributed by atoms with Gasteiger partial charge in [-0.3, -0.25) is 4.99 Å². The minimum atomic E-state index is 0. The summed E-state index contributed by atoms with van der Waals surface area (Å²) in [5.41, 5.74) is 2.16. The summed E-state index contributed by atoms with van der Waals surface area (Å²) in [6, 6.07) is 9.44. The molecule has 3 aliphatic rings. The Bertz CT molecular complexity index is 735. The van der Waals surface area contributed by atoms with Crippen molar-refractivity contribution in [1.82, 2.24) is 20.2 Å². The SMILES string of the molecule is I.c1ccc2[nH]c(N3CCCC(NC4=NCCN4C4CC4)C3)nc2c1. The predicted octanol–water partition coefficient (Wildman–Crippen LogP) is 2.57. The van der Waals surface area contributed by atoms with E-state index in [1.54, 1.807) is 0 Å². The van der Waals surface area contributed by atoms with E-state index in [1.807, 2.05) is 6.07 Å². The molecule has 0 radical (unpaired) electrons. The average Bonchev–Trinajstić information content (AvgIpc) is 3.19. The quantitative estimate of drug-likeness (QED) is 0.704. The number of aromatic nitrogens is 2. The minimum absolute atomic E-state index is 0. The van der Waals surface area contributed by atoms with Crippen LogP contribution in [-0.2, 0) is 0 Å². The third-order valence-corrected chi connectivity index (χ3v) is 5.29. The Morgan fingerprint density at radius 1 is 1.12 bits per heavy atom. The highest BCUT2D eigenvalue weighted by atomic mass is 127. The first-order valence-corrected chi connectivity index (χ1v) is 9.14. The van der Waals surface area contributed by atoms with Gasteiger partial charge in [0.05, 0.1) is 17.6 Å². The van der Waals surface area contributed by atoms with Gasteiger partial charge in [-0.1, -0.05) is 12.1 Å². The van der Waals surface area contributed by atoms with Gasteiger partial charge in [0.2, 0.25) is 5.95 Å². The van der Waals surface area contributed by atoms with Gasteiger partial charge < -0.3 is 20.1 Å². The van der Waals surface area contributed by atoms with Crippen molar-refractivity contribution in [2.24, 2.45) is 4.99 Å². The van der Waals surface area contributed by atoms with Crippen LogP contribution in [0.25, 0.3) is 11.0 Å². The Morgan fingerprint density at radius 3 is 2.84 bits per heavy atom. The molecule has 2 fully saturated rings. The second kappa shape index (κ2) is 7.01. The second-order valence-corrected chi connectivity index (χ2v) is 7.14. The number of anilines is 1. The number of nitrogens with zero attached hydrogens (tertiary/aromatic N) is 4. The maximum Gasteiger partial charge on any atom is 0.203 e. The van der Waals surface area contributed by atoms with E-state index < -0.39 is 0 Å². The van der Waals surface area contributed by atoms with Crippen LogP contribution in [0.3, 0.4) is 0 Å². The van der Waals surface area contributed by atoms with Gasteiger partial charge in [0.15, 0.2) is 5.96 Å². The molecular weight excluding hydrogens is 427 g/mol. The summed E-state index contributed by atoms with van der Waals surface area (Å²) in [5.74, 6) is 2.13. The molecular formula is C18H25IN6. The van der Waals surface area contributed by atoms with E-state index in [1.165, 1.54) is 25.7 Å². The molecule has 0 bridgehead atoms. The number of rotatable bonds is 3. The van der Waals surface area contributed by atoms with E-state index >= 15 is 0 Å². The molecule has 0 amide bonds. The van der Waals surface area contributed by atoms with Crippen molar-refractivity contribution in [3.8, 4) is 0 Å². The fourth-order valence-electron chi connectivity index (χ4n) is 3.89. The molecule has 1 aromatic carbocycles. The number of halogens is 1. The van der Waals surface area contributed by atoms with Crippen LogP contribution in [0.2, 0.25) is 0 Å². The van der Waals surface area contributed by atoms with Crippen LogP contribution < -0.4 is 10.2 Å². The van der Waals surface area contributed by atoms with Crippen LogP contribution in [-0.4, -0.2) is 59.1 Å². The molecule has 1 aromatic heterocycles. The van der Waals surface area contributed by atoms with Crippen LogP contribution in [0.5, 0.6) is 0 Å². The molecule has 5 rings (SSSR count). The van der Waals surface area contributed by atoms with Gasteiger partial charge in [-0.25, -0.2) is 4.98 Å². The number of hydrogen-bond acceptors (Lipinski definition) is 5. The average molecular weight is 452 g/mol. The van der Waals surface area contributed by atoms with Crippen LogP contribution in [0.4, 0.5) is 5.95 Å². The first kappa shape index (κ1) is 16.9. The summed E-state index contributed by atoms with van der Waals surface area (Å²) in [6.07, 6.45) is 5.05. The van der Waals surface area contributed by atoms with Gasteiger partial charge in [0.1, 0.15) is 0 Å². The lowest BCUT2D eigenvalue weighted by Gasteiger charge is -2.34. The molecule has 1 aliphatic carbocycles. The number of guanidine groups is 1. The Balaban J connectivity index is 0.00000157. The van der Waals surface area contributed by atoms with Gasteiger partial charge in [-0.15, -0.1) is 24.0 Å². The molecule has 134 valence electrons. The number of aromatic amines is 1. The Kier molecular flexibility index (Phi) is 4.75. The van der Waals surface area contributed by atoms with Crippen molar-refractivity contribution in [2.45, 2.75) is 37.8 Å². The van der Waals surface area contributed by atoms with Crippen molar-refractivity contribution in [2.75, 3.05) is 31.1 Å². The van der Waals surface area contributed by atoms with E-state index in [4.69, 9.17) is 9.98 Å². The lowest BCUT2D eigenvalue weighted by molar-refractivity contribution is 0.404. The second-order valence-electron chi connectivity index (χ2n) is 7.14. The zero-order chi connectivity index (χ0) is 15.9. The topological polar surface area (TPSA) is 59.6 Å². The molecule has 6 nitrogen and oxygen atoms in total. The first-order chi connectivity index (χ1) is 11.9. The highest BCUT2D eigenvalue weighted by Gasteiger charge is 2.34. The number of aliphatic imine (C=N–C) groups is 1. The molecule has 1 unspecified atom stereocenters. The minimum Gasteiger partial charge on any atom is -0.352 e. The number of nitrogens with one attached hydrogen (secondary N) is 2. The van der Waals surface area contributed by atoms with Gasteiger partial charge in [-0.05, 0) is 37.8 Å². The predicted molar refractivity (Wildman–Crippen MR) is 112 cm³/mol. The Hall–Kier alpha value is -1.51. The van der Waals surface area contributed by atoms with Crippen LogP contribution in [0, 0.1) is 0 Å².